The monoisotopic (exact) mass is 285 g/mol. The van der Waals surface area contributed by atoms with Crippen LogP contribution < -0.4 is 4.72 Å². The summed E-state index contributed by atoms with van der Waals surface area (Å²) in [4.78, 5) is 18.0. The van der Waals surface area contributed by atoms with Crippen LogP contribution in [-0.2, 0) is 14.8 Å². The summed E-state index contributed by atoms with van der Waals surface area (Å²) in [6.45, 7) is 5.35. The number of carbonyl (C=O) groups excluding carboxylic acids is 1. The lowest BCUT2D eigenvalue weighted by Gasteiger charge is -2.36. The van der Waals surface area contributed by atoms with Gasteiger partial charge in [0.1, 0.15) is 12.2 Å². The third-order valence-corrected chi connectivity index (χ3v) is 5.96. The van der Waals surface area contributed by atoms with Crippen LogP contribution in [0.4, 0.5) is 0 Å². The Balaban J connectivity index is 2.11. The third kappa shape index (κ3) is 2.51. The van der Waals surface area contributed by atoms with Gasteiger partial charge in [0.25, 0.3) is 5.91 Å². The molecule has 0 saturated heterocycles. The van der Waals surface area contributed by atoms with E-state index in [9.17, 15) is 13.2 Å². The van der Waals surface area contributed by atoms with Crippen LogP contribution in [0.3, 0.4) is 0 Å². The fraction of sp³-hybridized carbons (Fsp3) is 0.667. The molecule has 19 heavy (non-hydrogen) atoms. The molecule has 0 unspecified atom stereocenters. The molecule has 2 aliphatic rings. The third-order valence-electron chi connectivity index (χ3n) is 3.80. The van der Waals surface area contributed by atoms with Gasteiger partial charge in [-0.1, -0.05) is 0 Å². The van der Waals surface area contributed by atoms with Crippen molar-refractivity contribution in [1.29, 1.82) is 0 Å². The maximum Gasteiger partial charge on any atom is 0.258 e. The van der Waals surface area contributed by atoms with Crippen molar-refractivity contribution in [3.63, 3.8) is 0 Å². The van der Waals surface area contributed by atoms with Gasteiger partial charge in [-0.05, 0) is 39.7 Å². The van der Waals surface area contributed by atoms with E-state index in [-0.39, 0.29) is 0 Å². The molecule has 106 valence electrons. The topological polar surface area (TPSA) is 78.8 Å². The van der Waals surface area contributed by atoms with Gasteiger partial charge in [-0.15, -0.1) is 0 Å². The SMILES string of the molecule is CC(C)(C(=O)NS(=O)(=O)C1(C)CC1)N1C=CC=NC1. The number of aliphatic imine (C=N–C) groups is 1. The zero-order valence-corrected chi connectivity index (χ0v) is 12.2. The Morgan fingerprint density at radius 3 is 2.53 bits per heavy atom. The molecule has 1 aliphatic heterocycles. The van der Waals surface area contributed by atoms with Crippen molar-refractivity contribution in [3.05, 3.63) is 12.3 Å². The van der Waals surface area contributed by atoms with Crippen LogP contribution in [0.2, 0.25) is 0 Å². The summed E-state index contributed by atoms with van der Waals surface area (Å²) in [6.07, 6.45) is 6.30. The Bertz CT molecular complexity index is 545. The van der Waals surface area contributed by atoms with Gasteiger partial charge >= 0.3 is 0 Å². The average molecular weight is 285 g/mol. The molecule has 1 N–H and O–H groups in total. The maximum atomic E-state index is 12.2. The van der Waals surface area contributed by atoms with Gasteiger partial charge in [-0.2, -0.15) is 0 Å². The summed E-state index contributed by atoms with van der Waals surface area (Å²) in [5, 5.41) is 0. The Morgan fingerprint density at radius 1 is 1.42 bits per heavy atom. The smallest absolute Gasteiger partial charge is 0.258 e. The molecule has 6 nitrogen and oxygen atoms in total. The van der Waals surface area contributed by atoms with Crippen LogP contribution in [0.1, 0.15) is 33.6 Å². The maximum absolute atomic E-state index is 12.2. The molecule has 2 rings (SSSR count). The zero-order chi connectivity index (χ0) is 14.3. The molecule has 0 aromatic heterocycles. The molecule has 7 heteroatoms. The van der Waals surface area contributed by atoms with E-state index in [2.05, 4.69) is 9.71 Å². The first-order valence-electron chi connectivity index (χ1n) is 6.19. The van der Waals surface area contributed by atoms with Crippen LogP contribution in [-0.4, -0.2) is 42.4 Å². The van der Waals surface area contributed by atoms with E-state index in [4.69, 9.17) is 0 Å². The van der Waals surface area contributed by atoms with E-state index >= 15 is 0 Å². The van der Waals surface area contributed by atoms with E-state index in [1.165, 1.54) is 0 Å². The highest BCUT2D eigenvalue weighted by atomic mass is 32.2. The predicted octanol–water partition coefficient (Wildman–Crippen LogP) is 0.621. The minimum atomic E-state index is -3.60. The standard InChI is InChI=1S/C12H19N3O3S/c1-11(2,15-8-4-7-13-9-15)10(16)14-19(17,18)12(3)5-6-12/h4,7-8H,5-6,9H2,1-3H3,(H,14,16). The first-order valence-corrected chi connectivity index (χ1v) is 7.68. The minimum Gasteiger partial charge on any atom is -0.344 e. The summed E-state index contributed by atoms with van der Waals surface area (Å²) in [5.41, 5.74) is -0.966. The van der Waals surface area contributed by atoms with Crippen LogP contribution in [0, 0.1) is 0 Å². The molecule has 1 aliphatic carbocycles. The molecule has 1 heterocycles. The van der Waals surface area contributed by atoms with Crippen LogP contribution in [0.5, 0.6) is 0 Å². The van der Waals surface area contributed by atoms with Crippen molar-refractivity contribution >= 4 is 22.1 Å². The Labute approximate surface area is 113 Å². The fourth-order valence-corrected chi connectivity index (χ4v) is 3.07. The van der Waals surface area contributed by atoms with E-state index in [1.807, 2.05) is 0 Å². The normalized spacial score (nSPS) is 21.3. The molecule has 0 radical (unpaired) electrons. The predicted molar refractivity (Wildman–Crippen MR) is 73.1 cm³/mol. The number of nitrogens with one attached hydrogen (secondary N) is 1. The molecule has 0 aromatic rings. The number of rotatable bonds is 4. The molecule has 0 spiro atoms. The molecule has 0 atom stereocenters. The Hall–Kier alpha value is -1.37. The highest BCUT2D eigenvalue weighted by Gasteiger charge is 2.52. The largest absolute Gasteiger partial charge is 0.344 e. The number of hydrogen-bond donors (Lipinski definition) is 1. The molecule has 1 fully saturated rings. The number of sulfonamides is 1. The molecule has 1 saturated carbocycles. The molecule has 1 amide bonds. The average Bonchev–Trinajstić information content (AvgIpc) is 3.10. The van der Waals surface area contributed by atoms with Crippen molar-refractivity contribution < 1.29 is 13.2 Å². The summed E-state index contributed by atoms with van der Waals surface area (Å²) < 4.78 is 25.5. The van der Waals surface area contributed by atoms with Crippen LogP contribution in [0.25, 0.3) is 0 Å². The number of allylic oxidation sites excluding steroid dienone is 1. The number of nitrogens with zero attached hydrogens (tertiary/aromatic N) is 2. The van der Waals surface area contributed by atoms with Gasteiger partial charge in [-0.3, -0.25) is 14.5 Å². The van der Waals surface area contributed by atoms with E-state index in [0.29, 0.717) is 19.5 Å². The van der Waals surface area contributed by atoms with E-state index in [0.717, 1.165) is 0 Å². The summed E-state index contributed by atoms with van der Waals surface area (Å²) >= 11 is 0. The molecule has 0 aromatic carbocycles. The number of amides is 1. The molecular formula is C12H19N3O3S. The first kappa shape index (κ1) is 14.0. The lowest BCUT2D eigenvalue weighted by Crippen LogP contribution is -2.55. The number of hydrogen-bond acceptors (Lipinski definition) is 5. The van der Waals surface area contributed by atoms with Gasteiger partial charge in [0.15, 0.2) is 0 Å². The van der Waals surface area contributed by atoms with E-state index in [1.54, 1.807) is 44.2 Å². The summed E-state index contributed by atoms with van der Waals surface area (Å²) in [6, 6.07) is 0. The van der Waals surface area contributed by atoms with Gasteiger partial charge in [0.2, 0.25) is 10.0 Å². The first-order chi connectivity index (χ1) is 8.69. The fourth-order valence-electron chi connectivity index (χ4n) is 1.69. The summed E-state index contributed by atoms with van der Waals surface area (Å²) in [7, 11) is -3.60. The number of carbonyl (C=O) groups is 1. The van der Waals surface area contributed by atoms with E-state index < -0.39 is 26.2 Å². The second-order valence-electron chi connectivity index (χ2n) is 5.73. The van der Waals surface area contributed by atoms with Crippen LogP contribution >= 0.6 is 0 Å². The van der Waals surface area contributed by atoms with Crippen molar-refractivity contribution in [2.24, 2.45) is 4.99 Å². The Morgan fingerprint density at radius 2 is 2.05 bits per heavy atom. The highest BCUT2D eigenvalue weighted by molar-refractivity contribution is 7.91. The van der Waals surface area contributed by atoms with Gasteiger partial charge in [-0.25, -0.2) is 8.42 Å². The highest BCUT2D eigenvalue weighted by Crippen LogP contribution is 2.42. The van der Waals surface area contributed by atoms with Crippen molar-refractivity contribution in [1.82, 2.24) is 9.62 Å². The minimum absolute atomic E-state index is 0.342. The quantitative estimate of drug-likeness (QED) is 0.821. The lowest BCUT2D eigenvalue weighted by atomic mass is 10.0. The van der Waals surface area contributed by atoms with Gasteiger partial charge < -0.3 is 4.90 Å². The van der Waals surface area contributed by atoms with Gasteiger partial charge in [0.05, 0.1) is 4.75 Å². The molecular weight excluding hydrogens is 266 g/mol. The molecule has 0 bridgehead atoms. The second-order valence-corrected chi connectivity index (χ2v) is 7.92. The van der Waals surface area contributed by atoms with Gasteiger partial charge in [0, 0.05) is 12.4 Å². The second kappa shape index (κ2) is 4.33. The Kier molecular flexibility index (Phi) is 3.20. The van der Waals surface area contributed by atoms with Crippen LogP contribution in [0.15, 0.2) is 17.3 Å². The van der Waals surface area contributed by atoms with Crippen molar-refractivity contribution in [3.8, 4) is 0 Å². The van der Waals surface area contributed by atoms with Crippen molar-refractivity contribution in [2.45, 2.75) is 43.9 Å². The lowest BCUT2D eigenvalue weighted by molar-refractivity contribution is -0.128. The van der Waals surface area contributed by atoms with Crippen molar-refractivity contribution in [2.75, 3.05) is 6.67 Å². The summed E-state index contributed by atoms with van der Waals surface area (Å²) in [5.74, 6) is -0.526. The zero-order valence-electron chi connectivity index (χ0n) is 11.4.